The number of methoxy groups -OCH3 is 1. The summed E-state index contributed by atoms with van der Waals surface area (Å²) in [5.74, 6) is 0.712. The first kappa shape index (κ1) is 20.4. The number of benzene rings is 3. The minimum absolute atomic E-state index is 0.152. The molecule has 1 aliphatic heterocycles. The fourth-order valence-corrected chi connectivity index (χ4v) is 4.98. The topological polar surface area (TPSA) is 59.0 Å². The van der Waals surface area contributed by atoms with Gasteiger partial charge in [-0.15, -0.1) is 0 Å². The highest BCUT2D eigenvalue weighted by molar-refractivity contribution is 7.89. The molecule has 0 saturated heterocycles. The number of hydrogen-bond acceptors (Lipinski definition) is 4. The summed E-state index contributed by atoms with van der Waals surface area (Å²) in [6.45, 7) is 2.01. The van der Waals surface area contributed by atoms with Crippen LogP contribution >= 0.6 is 11.6 Å². The van der Waals surface area contributed by atoms with E-state index in [4.69, 9.17) is 16.3 Å². The third-order valence-electron chi connectivity index (χ3n) is 5.12. The van der Waals surface area contributed by atoms with Crippen LogP contribution in [0.4, 0.5) is 0 Å². The Bertz CT molecular complexity index is 1170. The molecule has 0 fully saturated rings. The van der Waals surface area contributed by atoms with Crippen LogP contribution in [0.1, 0.15) is 29.2 Å². The summed E-state index contributed by atoms with van der Waals surface area (Å²) in [5.41, 5.74) is 3.62. The van der Waals surface area contributed by atoms with Crippen molar-refractivity contribution < 1.29 is 13.2 Å². The molecule has 0 aliphatic carbocycles. The zero-order chi connectivity index (χ0) is 21.3. The molecule has 7 heteroatoms. The van der Waals surface area contributed by atoms with E-state index in [1.165, 1.54) is 16.5 Å². The van der Waals surface area contributed by atoms with Crippen LogP contribution in [0.3, 0.4) is 0 Å². The van der Waals surface area contributed by atoms with Gasteiger partial charge in [-0.05, 0) is 54.4 Å². The van der Waals surface area contributed by atoms with Gasteiger partial charge in [-0.1, -0.05) is 53.6 Å². The van der Waals surface area contributed by atoms with E-state index >= 15 is 0 Å². The van der Waals surface area contributed by atoms with Crippen molar-refractivity contribution in [2.45, 2.75) is 24.3 Å². The Morgan fingerprint density at radius 3 is 2.20 bits per heavy atom. The van der Waals surface area contributed by atoms with Gasteiger partial charge in [0, 0.05) is 11.4 Å². The molecule has 0 bridgehead atoms. The van der Waals surface area contributed by atoms with Crippen LogP contribution in [0.25, 0.3) is 0 Å². The second-order valence-corrected chi connectivity index (χ2v) is 9.37. The molecule has 1 heterocycles. The molecule has 30 heavy (non-hydrogen) atoms. The third kappa shape index (κ3) is 3.93. The van der Waals surface area contributed by atoms with Gasteiger partial charge in [0.15, 0.2) is 0 Å². The van der Waals surface area contributed by atoms with Crippen molar-refractivity contribution in [2.24, 2.45) is 5.10 Å². The maximum Gasteiger partial charge on any atom is 0.279 e. The van der Waals surface area contributed by atoms with Crippen LogP contribution in [0.2, 0.25) is 5.02 Å². The molecule has 0 radical (unpaired) electrons. The molecule has 5 nitrogen and oxygen atoms in total. The predicted molar refractivity (Wildman–Crippen MR) is 119 cm³/mol. The van der Waals surface area contributed by atoms with Crippen LogP contribution in [0.5, 0.6) is 5.75 Å². The van der Waals surface area contributed by atoms with E-state index in [9.17, 15) is 8.42 Å². The summed E-state index contributed by atoms with van der Waals surface area (Å²) in [5, 5.41) is 5.03. The normalized spacial score (nSPS) is 16.4. The molecule has 1 atom stereocenters. The third-order valence-corrected chi connectivity index (χ3v) is 7.06. The first-order chi connectivity index (χ1) is 14.4. The standard InChI is InChI=1S/C23H21ClN2O3S/c1-16-3-5-17(6-4-16)22-15-23(18-7-11-20(29-2)12-8-18)26(25-22)30(27,28)21-13-9-19(24)10-14-21/h3-14,23H,15H2,1-2H3. The number of hydrazone groups is 1. The summed E-state index contributed by atoms with van der Waals surface area (Å²) >= 11 is 5.94. The van der Waals surface area contributed by atoms with Crippen molar-refractivity contribution in [3.8, 4) is 5.75 Å². The van der Waals surface area contributed by atoms with Crippen LogP contribution in [-0.4, -0.2) is 25.7 Å². The minimum atomic E-state index is -3.86. The summed E-state index contributed by atoms with van der Waals surface area (Å²) in [6, 6.07) is 21.0. The van der Waals surface area contributed by atoms with Crippen molar-refractivity contribution in [1.82, 2.24) is 4.41 Å². The second kappa shape index (κ2) is 8.13. The van der Waals surface area contributed by atoms with Crippen molar-refractivity contribution in [3.63, 3.8) is 0 Å². The van der Waals surface area contributed by atoms with Crippen molar-refractivity contribution in [2.75, 3.05) is 7.11 Å². The number of ether oxygens (including phenoxy) is 1. The zero-order valence-corrected chi connectivity index (χ0v) is 18.2. The first-order valence-corrected chi connectivity index (χ1v) is 11.3. The molecular weight excluding hydrogens is 420 g/mol. The lowest BCUT2D eigenvalue weighted by Gasteiger charge is -2.23. The van der Waals surface area contributed by atoms with Crippen molar-refractivity contribution in [3.05, 3.63) is 94.5 Å². The fourth-order valence-electron chi connectivity index (χ4n) is 3.42. The molecule has 4 rings (SSSR count). The number of hydrogen-bond donors (Lipinski definition) is 0. The maximum absolute atomic E-state index is 13.4. The van der Waals surface area contributed by atoms with Gasteiger partial charge in [0.25, 0.3) is 10.0 Å². The monoisotopic (exact) mass is 440 g/mol. The van der Waals surface area contributed by atoms with E-state index in [0.717, 1.165) is 22.4 Å². The average molecular weight is 441 g/mol. The average Bonchev–Trinajstić information content (AvgIpc) is 3.21. The predicted octanol–water partition coefficient (Wildman–Crippen LogP) is 5.20. The van der Waals surface area contributed by atoms with Gasteiger partial charge < -0.3 is 4.74 Å². The zero-order valence-electron chi connectivity index (χ0n) is 16.6. The molecule has 3 aromatic rings. The van der Waals surface area contributed by atoms with Crippen LogP contribution in [0, 0.1) is 6.92 Å². The SMILES string of the molecule is COc1ccc(C2CC(c3ccc(C)cc3)=NN2S(=O)(=O)c2ccc(Cl)cc2)cc1. The highest BCUT2D eigenvalue weighted by Crippen LogP contribution is 2.37. The number of nitrogens with zero attached hydrogens (tertiary/aromatic N) is 2. The van der Waals surface area contributed by atoms with E-state index in [0.29, 0.717) is 17.2 Å². The quantitative estimate of drug-likeness (QED) is 0.548. The molecule has 0 saturated carbocycles. The Hall–Kier alpha value is -2.83. The molecule has 1 unspecified atom stereocenters. The van der Waals surface area contributed by atoms with E-state index in [2.05, 4.69) is 5.10 Å². The summed E-state index contributed by atoms with van der Waals surface area (Å²) < 4.78 is 33.3. The Kier molecular flexibility index (Phi) is 5.54. The van der Waals surface area contributed by atoms with E-state index in [1.54, 1.807) is 19.2 Å². The molecule has 1 aliphatic rings. The Morgan fingerprint density at radius 2 is 1.60 bits per heavy atom. The maximum atomic E-state index is 13.4. The van der Waals surface area contributed by atoms with Crippen molar-refractivity contribution >= 4 is 27.3 Å². The van der Waals surface area contributed by atoms with Crippen LogP contribution in [0.15, 0.2) is 82.8 Å². The van der Waals surface area contributed by atoms with E-state index in [-0.39, 0.29) is 4.90 Å². The van der Waals surface area contributed by atoms with E-state index in [1.807, 2.05) is 55.5 Å². The van der Waals surface area contributed by atoms with E-state index < -0.39 is 16.1 Å². The van der Waals surface area contributed by atoms with Gasteiger partial charge >= 0.3 is 0 Å². The largest absolute Gasteiger partial charge is 0.497 e. The molecular formula is C23H21ClN2O3S. The van der Waals surface area contributed by atoms with Gasteiger partial charge in [0.05, 0.1) is 23.8 Å². The lowest BCUT2D eigenvalue weighted by Crippen LogP contribution is -2.27. The molecule has 0 N–H and O–H groups in total. The van der Waals surface area contributed by atoms with Crippen LogP contribution < -0.4 is 4.74 Å². The Balaban J connectivity index is 1.78. The Labute approximate surface area is 181 Å². The second-order valence-electron chi connectivity index (χ2n) is 7.14. The molecule has 0 spiro atoms. The van der Waals surface area contributed by atoms with Gasteiger partial charge in [-0.25, -0.2) is 0 Å². The number of sulfonamides is 1. The van der Waals surface area contributed by atoms with Gasteiger partial charge in [0.1, 0.15) is 5.75 Å². The van der Waals surface area contributed by atoms with Crippen LogP contribution in [-0.2, 0) is 10.0 Å². The smallest absolute Gasteiger partial charge is 0.279 e. The lowest BCUT2D eigenvalue weighted by atomic mass is 9.98. The first-order valence-electron chi connectivity index (χ1n) is 9.47. The lowest BCUT2D eigenvalue weighted by molar-refractivity contribution is 0.370. The molecule has 0 amide bonds. The highest BCUT2D eigenvalue weighted by Gasteiger charge is 2.37. The number of rotatable bonds is 5. The summed E-state index contributed by atoms with van der Waals surface area (Å²) in [4.78, 5) is 0.152. The van der Waals surface area contributed by atoms with Gasteiger partial charge in [-0.3, -0.25) is 0 Å². The Morgan fingerprint density at radius 1 is 0.967 bits per heavy atom. The van der Waals surface area contributed by atoms with Gasteiger partial charge in [0.2, 0.25) is 0 Å². The highest BCUT2D eigenvalue weighted by atomic mass is 35.5. The summed E-state index contributed by atoms with van der Waals surface area (Å²) in [6.07, 6.45) is 0.474. The minimum Gasteiger partial charge on any atom is -0.497 e. The summed E-state index contributed by atoms with van der Waals surface area (Å²) in [7, 11) is -2.26. The number of aryl methyl sites for hydroxylation is 1. The van der Waals surface area contributed by atoms with Crippen molar-refractivity contribution in [1.29, 1.82) is 0 Å². The molecule has 3 aromatic carbocycles. The molecule has 0 aromatic heterocycles. The number of halogens is 1. The molecule has 154 valence electrons. The van der Waals surface area contributed by atoms with Gasteiger partial charge in [-0.2, -0.15) is 17.9 Å². The fraction of sp³-hybridized carbons (Fsp3) is 0.174.